The molecule has 64 heavy (non-hydrogen) atoms. The van der Waals surface area contributed by atoms with Crippen LogP contribution in [0.15, 0.2) is 76.8 Å². The van der Waals surface area contributed by atoms with Gasteiger partial charge in [0.15, 0.2) is 19.7 Å². The first-order valence-corrected chi connectivity index (χ1v) is 25.3. The molecule has 8 rings (SSSR count). The molecule has 4 aliphatic rings. The van der Waals surface area contributed by atoms with Gasteiger partial charge in [0.25, 0.3) is 5.88 Å². The summed E-state index contributed by atoms with van der Waals surface area (Å²) in [5.74, 6) is -3.60. The predicted octanol–water partition coefficient (Wildman–Crippen LogP) is 10.4. The number of fused-ring (bicyclic) bond motifs is 4. The zero-order valence-electron chi connectivity index (χ0n) is 38.3. The van der Waals surface area contributed by atoms with Crippen molar-refractivity contribution < 1.29 is 47.0 Å². The molecule has 340 valence electrons. The van der Waals surface area contributed by atoms with Gasteiger partial charge in [-0.3, -0.25) is 9.59 Å². The molecular formula is C50H60FN3O9Si. The number of nitrogens with zero attached hydrogens (tertiary/aromatic N) is 2. The number of rotatable bonds is 11. The molecule has 2 fully saturated rings. The van der Waals surface area contributed by atoms with Crippen LogP contribution in [0.5, 0.6) is 11.6 Å². The number of nitrogens with one attached hydrogen (secondary N) is 1. The molecule has 1 aliphatic heterocycles. The first-order valence-electron chi connectivity index (χ1n) is 22.4. The van der Waals surface area contributed by atoms with Crippen LogP contribution in [0.25, 0.3) is 5.76 Å². The van der Waals surface area contributed by atoms with Gasteiger partial charge in [0, 0.05) is 29.2 Å². The second-order valence-corrected chi connectivity index (χ2v) is 24.8. The van der Waals surface area contributed by atoms with Gasteiger partial charge >= 0.3 is 6.09 Å². The monoisotopic (exact) mass is 893 g/mol. The molecule has 12 nitrogen and oxygen atoms in total. The van der Waals surface area contributed by atoms with Crippen molar-refractivity contribution in [3.8, 4) is 11.6 Å². The molecule has 1 saturated heterocycles. The number of Topliss-reactive ketones (excluding diaryl/α,β-unsaturated/α-hetero) is 2. The third-order valence-electron chi connectivity index (χ3n) is 13.6. The second kappa shape index (κ2) is 16.9. The highest BCUT2D eigenvalue weighted by Crippen LogP contribution is 2.59. The third kappa shape index (κ3) is 7.95. The molecule has 3 aromatic carbocycles. The van der Waals surface area contributed by atoms with Crippen molar-refractivity contribution in [1.29, 1.82) is 0 Å². The summed E-state index contributed by atoms with van der Waals surface area (Å²) in [5.41, 5.74) is -0.745. The van der Waals surface area contributed by atoms with Crippen molar-refractivity contribution in [3.63, 3.8) is 0 Å². The maximum absolute atomic E-state index is 17.6. The molecular weight excluding hydrogens is 834 g/mol. The molecule has 0 spiro atoms. The number of aliphatic hydroxyl groups is 1. The van der Waals surface area contributed by atoms with Gasteiger partial charge in [-0.1, -0.05) is 88.4 Å². The van der Waals surface area contributed by atoms with Gasteiger partial charge in [0.1, 0.15) is 41.7 Å². The Balaban J connectivity index is 1.30. The van der Waals surface area contributed by atoms with Gasteiger partial charge in [-0.2, -0.15) is 0 Å². The Morgan fingerprint density at radius 2 is 1.61 bits per heavy atom. The lowest BCUT2D eigenvalue weighted by molar-refractivity contribution is -0.138. The topological polar surface area (TPSA) is 150 Å². The molecule has 0 radical (unpaired) electrons. The number of amides is 1. The number of carbonyl (C=O) groups excluding carboxylic acids is 3. The SMILES string of the molecule is CCN[C@@H]1c2onc(OCc3ccccc3)c2C(=O)[C@@]2(O[Si](C)(C)C(C)(C)C)C(=O)C3=C(O)c4c(OCc5ccccc5)cc(C5CCCN5C(=O)OC(C)(C)C)c(F)c4C[C@H]3C[C@@H]12. The van der Waals surface area contributed by atoms with E-state index in [0.29, 0.717) is 25.9 Å². The summed E-state index contributed by atoms with van der Waals surface area (Å²) in [6, 6.07) is 19.0. The molecule has 0 bridgehead atoms. The zero-order chi connectivity index (χ0) is 45.9. The van der Waals surface area contributed by atoms with Crippen LogP contribution in [0.3, 0.4) is 0 Å². The Morgan fingerprint density at radius 1 is 0.969 bits per heavy atom. The van der Waals surface area contributed by atoms with Crippen LogP contribution in [0.1, 0.15) is 124 Å². The van der Waals surface area contributed by atoms with Crippen LogP contribution in [-0.2, 0) is 33.6 Å². The fraction of sp³-hybridized carbons (Fsp3) is 0.480. The Kier molecular flexibility index (Phi) is 12.0. The largest absolute Gasteiger partial charge is 0.507 e. The van der Waals surface area contributed by atoms with Crippen LogP contribution in [0.4, 0.5) is 9.18 Å². The summed E-state index contributed by atoms with van der Waals surface area (Å²) in [6.07, 6.45) is 0.737. The minimum atomic E-state index is -3.00. The van der Waals surface area contributed by atoms with Gasteiger partial charge in [-0.05, 0) is 99.4 Å². The lowest BCUT2D eigenvalue weighted by Gasteiger charge is -2.54. The fourth-order valence-electron chi connectivity index (χ4n) is 9.62. The molecule has 1 aromatic heterocycles. The first-order chi connectivity index (χ1) is 30.3. The Morgan fingerprint density at radius 3 is 2.22 bits per heavy atom. The summed E-state index contributed by atoms with van der Waals surface area (Å²) in [5, 5.41) is 20.0. The second-order valence-electron chi connectivity index (χ2n) is 20.0. The maximum atomic E-state index is 17.6. The van der Waals surface area contributed by atoms with Crippen LogP contribution < -0.4 is 14.8 Å². The number of ketones is 2. The highest BCUT2D eigenvalue weighted by molar-refractivity contribution is 6.74. The minimum Gasteiger partial charge on any atom is -0.507 e. The van der Waals surface area contributed by atoms with Gasteiger partial charge < -0.3 is 38.5 Å². The van der Waals surface area contributed by atoms with E-state index in [2.05, 4.69) is 10.5 Å². The number of benzene rings is 3. The van der Waals surface area contributed by atoms with Gasteiger partial charge in [0.2, 0.25) is 11.6 Å². The third-order valence-corrected chi connectivity index (χ3v) is 18.1. The molecule has 1 unspecified atom stereocenters. The van der Waals surface area contributed by atoms with Crippen molar-refractivity contribution >= 4 is 31.7 Å². The summed E-state index contributed by atoms with van der Waals surface area (Å²) in [4.78, 5) is 46.7. The van der Waals surface area contributed by atoms with Crippen LogP contribution in [0, 0.1) is 17.7 Å². The normalized spacial score (nSPS) is 23.3. The van der Waals surface area contributed by atoms with E-state index in [-0.39, 0.29) is 71.3 Å². The Bertz CT molecular complexity index is 2470. The van der Waals surface area contributed by atoms with E-state index in [1.54, 1.807) is 31.7 Å². The molecule has 1 amide bonds. The van der Waals surface area contributed by atoms with E-state index >= 15 is 14.0 Å². The van der Waals surface area contributed by atoms with E-state index in [9.17, 15) is 9.90 Å². The van der Waals surface area contributed by atoms with Crippen molar-refractivity contribution in [2.45, 2.75) is 129 Å². The lowest BCUT2D eigenvalue weighted by Crippen LogP contribution is -2.68. The smallest absolute Gasteiger partial charge is 0.410 e. The minimum absolute atomic E-state index is 0.00863. The molecule has 2 N–H and O–H groups in total. The van der Waals surface area contributed by atoms with E-state index in [1.807, 2.05) is 101 Å². The molecule has 5 atom stereocenters. The average molecular weight is 894 g/mol. The summed E-state index contributed by atoms with van der Waals surface area (Å²) >= 11 is 0. The number of hydrogen-bond acceptors (Lipinski definition) is 11. The van der Waals surface area contributed by atoms with E-state index in [0.717, 1.165) is 11.1 Å². The first kappa shape index (κ1) is 45.3. The standard InChI is InChI=1S/C50H60FN3O9Si/c1-10-52-41-34-25-31-24-33-38(36(59-27-29-18-13-11-14-19-29)26-32(40(33)51)35-22-17-23-54(35)47(58)61-48(2,3)4)42(55)37(31)44(56)50(34,63-64(8,9)49(5,6)7)45(57)39-43(41)62-53-46(39)60-28-30-20-15-12-16-21-30/h11-16,18-21,26,31,34-35,41,52,55H,10,17,22-25,27-28H2,1-9H3/t31-,34-,35?,41-,50-/m0/s1. The fourth-order valence-corrected chi connectivity index (χ4v) is 11.1. The molecule has 3 aliphatic carbocycles. The average Bonchev–Trinajstić information content (AvgIpc) is 3.90. The molecule has 2 heterocycles. The highest BCUT2D eigenvalue weighted by Gasteiger charge is 2.68. The molecule has 1 saturated carbocycles. The quantitative estimate of drug-likeness (QED) is 0.109. The van der Waals surface area contributed by atoms with Crippen molar-refractivity contribution in [2.75, 3.05) is 13.1 Å². The van der Waals surface area contributed by atoms with Crippen molar-refractivity contribution in [3.05, 3.63) is 117 Å². The van der Waals surface area contributed by atoms with E-state index < -0.39 is 77.7 Å². The Labute approximate surface area is 375 Å². The van der Waals surface area contributed by atoms with Gasteiger partial charge in [0.05, 0.1) is 17.6 Å². The van der Waals surface area contributed by atoms with Crippen LogP contribution in [0.2, 0.25) is 18.1 Å². The van der Waals surface area contributed by atoms with Crippen LogP contribution >= 0.6 is 0 Å². The van der Waals surface area contributed by atoms with Crippen molar-refractivity contribution in [1.82, 2.24) is 15.4 Å². The summed E-state index contributed by atoms with van der Waals surface area (Å²) in [7, 11) is -3.00. The van der Waals surface area contributed by atoms with Crippen molar-refractivity contribution in [2.24, 2.45) is 11.8 Å². The summed E-state index contributed by atoms with van der Waals surface area (Å²) < 4.78 is 49.3. The summed E-state index contributed by atoms with van der Waals surface area (Å²) in [6.45, 7) is 18.4. The lowest BCUT2D eigenvalue weighted by atomic mass is 9.57. The van der Waals surface area contributed by atoms with Gasteiger partial charge in [-0.15, -0.1) is 0 Å². The van der Waals surface area contributed by atoms with Crippen LogP contribution in [-0.4, -0.2) is 65.4 Å². The highest BCUT2D eigenvalue weighted by atomic mass is 28.4. The number of halogens is 1. The Hall–Kier alpha value is -5.31. The number of ether oxygens (including phenoxy) is 3. The number of aliphatic hydroxyl groups excluding tert-OH is 1. The van der Waals surface area contributed by atoms with Gasteiger partial charge in [-0.25, -0.2) is 9.18 Å². The number of hydrogen-bond donors (Lipinski definition) is 2. The van der Waals surface area contributed by atoms with E-state index in [4.69, 9.17) is 23.2 Å². The maximum Gasteiger partial charge on any atom is 0.410 e. The number of carbonyl (C=O) groups is 3. The zero-order valence-corrected chi connectivity index (χ0v) is 39.3. The number of likely N-dealkylation sites (tertiary alicyclic amines) is 1. The molecule has 4 aromatic rings. The molecule has 14 heteroatoms. The van der Waals surface area contributed by atoms with E-state index in [1.165, 1.54) is 0 Å². The number of aromatic nitrogens is 1. The predicted molar refractivity (Wildman–Crippen MR) is 241 cm³/mol.